The summed E-state index contributed by atoms with van der Waals surface area (Å²) in [5.41, 5.74) is 0.786. The molecule has 0 atom stereocenters. The molecule has 0 bridgehead atoms. The number of allylic oxidation sites excluding steroid dienone is 2. The van der Waals surface area contributed by atoms with E-state index in [1.165, 1.54) is 6.26 Å². The molecule has 0 unspecified atom stereocenters. The number of hydrogen-bond acceptors (Lipinski definition) is 2. The van der Waals surface area contributed by atoms with Crippen molar-refractivity contribution in [2.45, 2.75) is 26.2 Å². The van der Waals surface area contributed by atoms with Crippen LogP contribution in [-0.2, 0) is 9.53 Å². The predicted molar refractivity (Wildman–Crippen MR) is 42.8 cm³/mol. The number of ether oxygens (including phenoxy) is 1. The van der Waals surface area contributed by atoms with Crippen LogP contribution in [0, 0.1) is 0 Å². The van der Waals surface area contributed by atoms with Crippen molar-refractivity contribution in [1.29, 1.82) is 0 Å². The molecule has 0 amide bonds. The Morgan fingerprint density at radius 2 is 2.45 bits per heavy atom. The third-order valence-corrected chi connectivity index (χ3v) is 1.70. The van der Waals surface area contributed by atoms with Gasteiger partial charge in [0, 0.05) is 5.57 Å². The molecule has 0 aromatic heterocycles. The lowest BCUT2D eigenvalue weighted by molar-refractivity contribution is -0.133. The molecule has 0 aromatic carbocycles. The zero-order chi connectivity index (χ0) is 8.10. The summed E-state index contributed by atoms with van der Waals surface area (Å²) in [7, 11) is 0. The van der Waals surface area contributed by atoms with E-state index in [0.29, 0.717) is 0 Å². The molecule has 1 rings (SSSR count). The minimum absolute atomic E-state index is 0.205. The monoisotopic (exact) mass is 152 g/mol. The molecule has 1 aliphatic heterocycles. The Morgan fingerprint density at radius 3 is 3.18 bits per heavy atom. The molecular formula is C9H12O2. The second-order valence-corrected chi connectivity index (χ2v) is 2.48. The summed E-state index contributed by atoms with van der Waals surface area (Å²) in [6, 6.07) is 0. The van der Waals surface area contributed by atoms with Crippen LogP contribution in [0.15, 0.2) is 24.0 Å². The molecule has 0 fully saturated rings. The van der Waals surface area contributed by atoms with Crippen LogP contribution in [0.1, 0.15) is 26.2 Å². The van der Waals surface area contributed by atoms with Gasteiger partial charge in [-0.15, -0.1) is 0 Å². The average molecular weight is 152 g/mol. The highest BCUT2D eigenvalue weighted by Crippen LogP contribution is 2.12. The number of esters is 1. The summed E-state index contributed by atoms with van der Waals surface area (Å²) in [6.07, 6.45) is 8.03. The molecule has 0 aromatic rings. The summed E-state index contributed by atoms with van der Waals surface area (Å²) in [5.74, 6) is -0.205. The molecule has 0 spiro atoms. The third-order valence-electron chi connectivity index (χ3n) is 1.70. The average Bonchev–Trinajstić information content (AvgIpc) is 1.98. The van der Waals surface area contributed by atoms with Gasteiger partial charge >= 0.3 is 5.97 Å². The summed E-state index contributed by atoms with van der Waals surface area (Å²) >= 11 is 0. The smallest absolute Gasteiger partial charge is 0.338 e. The van der Waals surface area contributed by atoms with Crippen molar-refractivity contribution >= 4 is 5.97 Å². The molecule has 0 saturated heterocycles. The molecule has 0 N–H and O–H groups in total. The molecule has 60 valence electrons. The van der Waals surface area contributed by atoms with E-state index in [9.17, 15) is 4.79 Å². The van der Waals surface area contributed by atoms with Crippen molar-refractivity contribution in [3.63, 3.8) is 0 Å². The molecule has 2 heteroatoms. The minimum atomic E-state index is -0.205. The van der Waals surface area contributed by atoms with Crippen LogP contribution in [-0.4, -0.2) is 5.97 Å². The van der Waals surface area contributed by atoms with E-state index in [2.05, 4.69) is 0 Å². The number of carbonyl (C=O) groups is 1. The lowest BCUT2D eigenvalue weighted by Crippen LogP contribution is -2.05. The summed E-state index contributed by atoms with van der Waals surface area (Å²) in [4.78, 5) is 11.1. The number of hydrogen-bond donors (Lipinski definition) is 0. The van der Waals surface area contributed by atoms with Gasteiger partial charge in [0.05, 0.1) is 6.26 Å². The molecule has 11 heavy (non-hydrogen) atoms. The Hall–Kier alpha value is -1.05. The molecular weight excluding hydrogens is 140 g/mol. The summed E-state index contributed by atoms with van der Waals surface area (Å²) in [6.45, 7) is 1.86. The van der Waals surface area contributed by atoms with Gasteiger partial charge < -0.3 is 4.74 Å². The Kier molecular flexibility index (Phi) is 2.90. The van der Waals surface area contributed by atoms with Gasteiger partial charge in [-0.05, 0) is 32.3 Å². The first-order chi connectivity index (χ1) is 5.34. The van der Waals surface area contributed by atoms with E-state index in [4.69, 9.17) is 4.74 Å². The van der Waals surface area contributed by atoms with E-state index < -0.39 is 0 Å². The minimum Gasteiger partial charge on any atom is -0.431 e. The Morgan fingerprint density at radius 1 is 1.64 bits per heavy atom. The highest BCUT2D eigenvalue weighted by Gasteiger charge is 2.09. The zero-order valence-corrected chi connectivity index (χ0v) is 6.67. The lowest BCUT2D eigenvalue weighted by Gasteiger charge is -2.06. The second kappa shape index (κ2) is 3.96. The molecule has 1 heterocycles. The third kappa shape index (κ3) is 2.22. The summed E-state index contributed by atoms with van der Waals surface area (Å²) < 4.78 is 4.80. The van der Waals surface area contributed by atoms with E-state index >= 15 is 0 Å². The number of cyclic esters (lactones) is 1. The van der Waals surface area contributed by atoms with E-state index in [1.807, 2.05) is 19.1 Å². The fourth-order valence-corrected chi connectivity index (χ4v) is 1.03. The van der Waals surface area contributed by atoms with Gasteiger partial charge in [0.25, 0.3) is 0 Å². The predicted octanol–water partition coefficient (Wildman–Crippen LogP) is 2.17. The molecule has 0 saturated carbocycles. The topological polar surface area (TPSA) is 26.3 Å². The normalized spacial score (nSPS) is 25.5. The van der Waals surface area contributed by atoms with Gasteiger partial charge in [0.2, 0.25) is 0 Å². The van der Waals surface area contributed by atoms with Crippen LogP contribution < -0.4 is 0 Å². The van der Waals surface area contributed by atoms with Crippen LogP contribution in [0.2, 0.25) is 0 Å². The molecule has 0 radical (unpaired) electrons. The van der Waals surface area contributed by atoms with E-state index in [0.717, 1.165) is 24.8 Å². The number of rotatable bonds is 0. The van der Waals surface area contributed by atoms with Crippen LogP contribution in [0.25, 0.3) is 0 Å². The van der Waals surface area contributed by atoms with Crippen molar-refractivity contribution in [2.75, 3.05) is 0 Å². The van der Waals surface area contributed by atoms with E-state index in [1.54, 1.807) is 0 Å². The van der Waals surface area contributed by atoms with Crippen molar-refractivity contribution in [1.82, 2.24) is 0 Å². The Balaban J connectivity index is 2.66. The van der Waals surface area contributed by atoms with Crippen molar-refractivity contribution < 1.29 is 9.53 Å². The van der Waals surface area contributed by atoms with Crippen LogP contribution in [0.5, 0.6) is 0 Å². The largest absolute Gasteiger partial charge is 0.431 e. The van der Waals surface area contributed by atoms with Gasteiger partial charge in [0.1, 0.15) is 0 Å². The highest BCUT2D eigenvalue weighted by molar-refractivity contribution is 5.88. The second-order valence-electron chi connectivity index (χ2n) is 2.48. The Labute approximate surface area is 66.5 Å². The van der Waals surface area contributed by atoms with Gasteiger partial charge in [-0.1, -0.05) is 6.08 Å². The fourth-order valence-electron chi connectivity index (χ4n) is 1.03. The molecule has 2 nitrogen and oxygen atoms in total. The van der Waals surface area contributed by atoms with Gasteiger partial charge in [0.15, 0.2) is 0 Å². The van der Waals surface area contributed by atoms with Crippen molar-refractivity contribution in [2.24, 2.45) is 0 Å². The van der Waals surface area contributed by atoms with Crippen LogP contribution in [0.4, 0.5) is 0 Å². The van der Waals surface area contributed by atoms with Crippen LogP contribution >= 0.6 is 0 Å². The SMILES string of the molecule is C/C=C1\CCC/C=C\OC1=O. The molecule has 1 aliphatic rings. The van der Waals surface area contributed by atoms with Gasteiger partial charge in [-0.3, -0.25) is 0 Å². The maximum absolute atomic E-state index is 11.1. The zero-order valence-electron chi connectivity index (χ0n) is 6.67. The quantitative estimate of drug-likeness (QED) is 0.393. The molecule has 0 aliphatic carbocycles. The fraction of sp³-hybridized carbons (Fsp3) is 0.444. The van der Waals surface area contributed by atoms with Crippen molar-refractivity contribution in [3.05, 3.63) is 24.0 Å². The first-order valence-electron chi connectivity index (χ1n) is 3.86. The summed E-state index contributed by atoms with van der Waals surface area (Å²) in [5, 5.41) is 0. The van der Waals surface area contributed by atoms with Gasteiger partial charge in [-0.25, -0.2) is 4.79 Å². The maximum atomic E-state index is 11.1. The highest BCUT2D eigenvalue weighted by atomic mass is 16.5. The maximum Gasteiger partial charge on any atom is 0.338 e. The first kappa shape index (κ1) is 8.05. The van der Waals surface area contributed by atoms with Crippen molar-refractivity contribution in [3.8, 4) is 0 Å². The Bertz CT molecular complexity index is 202. The lowest BCUT2D eigenvalue weighted by atomic mass is 10.1. The first-order valence-corrected chi connectivity index (χ1v) is 3.86. The van der Waals surface area contributed by atoms with Crippen LogP contribution in [0.3, 0.4) is 0 Å². The number of carbonyl (C=O) groups excluding carboxylic acids is 1. The van der Waals surface area contributed by atoms with E-state index in [-0.39, 0.29) is 5.97 Å². The standard InChI is InChI=1S/C9H12O2/c1-2-8-6-4-3-5-7-11-9(8)10/h2,5,7H,3-4,6H2,1H3/b7-5-,8-2+. The van der Waals surface area contributed by atoms with Gasteiger partial charge in [-0.2, -0.15) is 0 Å².